The molecular weight excluding hydrogens is 234 g/mol. The molecule has 18 heavy (non-hydrogen) atoms. The number of nitro benzene ring substituents is 1. The average Bonchev–Trinajstić information content (AvgIpc) is 2.39. The van der Waals surface area contributed by atoms with E-state index in [1.165, 1.54) is 13.2 Å². The Kier molecular flexibility index (Phi) is 3.38. The van der Waals surface area contributed by atoms with Gasteiger partial charge in [-0.05, 0) is 18.2 Å². The molecule has 0 saturated carbocycles. The van der Waals surface area contributed by atoms with Crippen molar-refractivity contribution in [2.24, 2.45) is 0 Å². The van der Waals surface area contributed by atoms with Crippen molar-refractivity contribution >= 4 is 17.1 Å². The number of benzene rings is 1. The number of anilines is 2. The van der Waals surface area contributed by atoms with Gasteiger partial charge in [-0.2, -0.15) is 0 Å². The highest BCUT2D eigenvalue weighted by Gasteiger charge is 2.14. The quantitative estimate of drug-likeness (QED) is 0.662. The molecule has 0 bridgehead atoms. The molecule has 0 amide bonds. The van der Waals surface area contributed by atoms with Crippen LogP contribution in [0.2, 0.25) is 0 Å². The lowest BCUT2D eigenvalue weighted by molar-refractivity contribution is -0.385. The van der Waals surface area contributed by atoms with Gasteiger partial charge in [0.15, 0.2) is 5.75 Å². The topological polar surface area (TPSA) is 77.3 Å². The van der Waals surface area contributed by atoms with Gasteiger partial charge in [0.2, 0.25) is 0 Å². The van der Waals surface area contributed by atoms with Crippen LogP contribution < -0.4 is 10.1 Å². The molecule has 0 saturated heterocycles. The maximum absolute atomic E-state index is 10.7. The van der Waals surface area contributed by atoms with E-state index in [2.05, 4.69) is 10.3 Å². The summed E-state index contributed by atoms with van der Waals surface area (Å²) in [4.78, 5) is 14.2. The van der Waals surface area contributed by atoms with Gasteiger partial charge in [-0.25, -0.2) is 0 Å². The predicted octanol–water partition coefficient (Wildman–Crippen LogP) is 2.74. The van der Waals surface area contributed by atoms with Crippen LogP contribution in [-0.4, -0.2) is 17.0 Å². The number of pyridine rings is 1. The molecule has 0 atom stereocenters. The van der Waals surface area contributed by atoms with Crippen molar-refractivity contribution in [1.82, 2.24) is 4.98 Å². The van der Waals surface area contributed by atoms with Gasteiger partial charge in [-0.1, -0.05) is 0 Å². The monoisotopic (exact) mass is 245 g/mol. The molecule has 2 aromatic rings. The van der Waals surface area contributed by atoms with Gasteiger partial charge in [0, 0.05) is 35.9 Å². The van der Waals surface area contributed by atoms with Crippen molar-refractivity contribution in [3.8, 4) is 5.75 Å². The third-order valence-electron chi connectivity index (χ3n) is 2.35. The first-order chi connectivity index (χ1) is 8.70. The SMILES string of the molecule is COc1cc(Nc2ccncc2)ccc1[N+](=O)[O-]. The molecule has 2 rings (SSSR count). The smallest absolute Gasteiger partial charge is 0.311 e. The number of aromatic nitrogens is 1. The van der Waals surface area contributed by atoms with Gasteiger partial charge >= 0.3 is 5.69 Å². The number of nitrogens with one attached hydrogen (secondary N) is 1. The molecule has 0 fully saturated rings. The molecule has 0 aliphatic rings. The summed E-state index contributed by atoms with van der Waals surface area (Å²) < 4.78 is 4.99. The van der Waals surface area contributed by atoms with E-state index in [0.29, 0.717) is 5.69 Å². The van der Waals surface area contributed by atoms with Crippen molar-refractivity contribution in [3.05, 3.63) is 52.8 Å². The fraction of sp³-hybridized carbons (Fsp3) is 0.0833. The lowest BCUT2D eigenvalue weighted by atomic mass is 10.2. The molecule has 6 heteroatoms. The number of rotatable bonds is 4. The van der Waals surface area contributed by atoms with Crippen LogP contribution in [-0.2, 0) is 0 Å². The maximum atomic E-state index is 10.7. The molecule has 0 unspecified atom stereocenters. The Morgan fingerprint density at radius 2 is 1.94 bits per heavy atom. The first-order valence-corrected chi connectivity index (χ1v) is 5.20. The summed E-state index contributed by atoms with van der Waals surface area (Å²) >= 11 is 0. The van der Waals surface area contributed by atoms with Crippen molar-refractivity contribution < 1.29 is 9.66 Å². The minimum Gasteiger partial charge on any atom is -0.490 e. The summed E-state index contributed by atoms with van der Waals surface area (Å²) in [5.41, 5.74) is 1.50. The molecule has 0 aliphatic carbocycles. The molecule has 1 aromatic heterocycles. The van der Waals surface area contributed by atoms with Crippen LogP contribution in [0.25, 0.3) is 0 Å². The molecule has 1 aromatic carbocycles. The average molecular weight is 245 g/mol. The molecule has 1 N–H and O–H groups in total. The molecule has 0 radical (unpaired) electrons. The number of hydrogen-bond donors (Lipinski definition) is 1. The zero-order valence-corrected chi connectivity index (χ0v) is 9.66. The van der Waals surface area contributed by atoms with E-state index in [9.17, 15) is 10.1 Å². The highest BCUT2D eigenvalue weighted by atomic mass is 16.6. The fourth-order valence-electron chi connectivity index (χ4n) is 1.51. The van der Waals surface area contributed by atoms with Gasteiger partial charge in [-0.15, -0.1) is 0 Å². The second kappa shape index (κ2) is 5.13. The van der Waals surface area contributed by atoms with E-state index in [0.717, 1.165) is 5.69 Å². The zero-order valence-electron chi connectivity index (χ0n) is 9.66. The summed E-state index contributed by atoms with van der Waals surface area (Å²) in [6.07, 6.45) is 3.32. The Labute approximate surface area is 103 Å². The van der Waals surface area contributed by atoms with Gasteiger partial charge < -0.3 is 10.1 Å². The number of nitro groups is 1. The van der Waals surface area contributed by atoms with Gasteiger partial charge in [-0.3, -0.25) is 15.1 Å². The number of methoxy groups -OCH3 is 1. The van der Waals surface area contributed by atoms with E-state index in [1.807, 2.05) is 0 Å². The lowest BCUT2D eigenvalue weighted by Crippen LogP contribution is -1.96. The van der Waals surface area contributed by atoms with E-state index < -0.39 is 4.92 Å². The molecular formula is C12H11N3O3. The van der Waals surface area contributed by atoms with Crippen LogP contribution >= 0.6 is 0 Å². The van der Waals surface area contributed by atoms with Crippen LogP contribution in [0.5, 0.6) is 5.75 Å². The van der Waals surface area contributed by atoms with Crippen LogP contribution in [0.4, 0.5) is 17.1 Å². The molecule has 6 nitrogen and oxygen atoms in total. The first-order valence-electron chi connectivity index (χ1n) is 5.20. The largest absolute Gasteiger partial charge is 0.490 e. The van der Waals surface area contributed by atoms with Crippen LogP contribution in [0, 0.1) is 10.1 Å². The summed E-state index contributed by atoms with van der Waals surface area (Å²) in [5, 5.41) is 13.8. The van der Waals surface area contributed by atoms with E-state index in [1.54, 1.807) is 36.7 Å². The van der Waals surface area contributed by atoms with Crippen LogP contribution in [0.3, 0.4) is 0 Å². The third kappa shape index (κ3) is 2.54. The fourth-order valence-corrected chi connectivity index (χ4v) is 1.51. The second-order valence-electron chi connectivity index (χ2n) is 3.50. The van der Waals surface area contributed by atoms with Crippen molar-refractivity contribution in [2.75, 3.05) is 12.4 Å². The van der Waals surface area contributed by atoms with Crippen molar-refractivity contribution in [3.63, 3.8) is 0 Å². The summed E-state index contributed by atoms with van der Waals surface area (Å²) in [6, 6.07) is 8.21. The van der Waals surface area contributed by atoms with E-state index in [-0.39, 0.29) is 11.4 Å². The molecule has 0 spiro atoms. The molecule has 1 heterocycles. The summed E-state index contributed by atoms with van der Waals surface area (Å²) in [5.74, 6) is 0.221. The second-order valence-corrected chi connectivity index (χ2v) is 3.50. The van der Waals surface area contributed by atoms with Crippen LogP contribution in [0.1, 0.15) is 0 Å². The predicted molar refractivity (Wildman–Crippen MR) is 67.2 cm³/mol. The minimum absolute atomic E-state index is 0.0576. The summed E-state index contributed by atoms with van der Waals surface area (Å²) in [7, 11) is 1.40. The van der Waals surface area contributed by atoms with E-state index in [4.69, 9.17) is 4.74 Å². The van der Waals surface area contributed by atoms with Gasteiger partial charge in [0.25, 0.3) is 0 Å². The first kappa shape index (κ1) is 11.8. The zero-order chi connectivity index (χ0) is 13.0. The Morgan fingerprint density at radius 3 is 2.56 bits per heavy atom. The van der Waals surface area contributed by atoms with Gasteiger partial charge in [0.05, 0.1) is 12.0 Å². The van der Waals surface area contributed by atoms with Crippen molar-refractivity contribution in [2.45, 2.75) is 0 Å². The Bertz CT molecular complexity index is 558. The number of nitrogens with zero attached hydrogens (tertiary/aromatic N) is 2. The van der Waals surface area contributed by atoms with Crippen LogP contribution in [0.15, 0.2) is 42.7 Å². The Morgan fingerprint density at radius 1 is 1.22 bits per heavy atom. The van der Waals surface area contributed by atoms with Crippen molar-refractivity contribution in [1.29, 1.82) is 0 Å². The highest BCUT2D eigenvalue weighted by molar-refractivity contribution is 5.64. The van der Waals surface area contributed by atoms with E-state index >= 15 is 0 Å². The van der Waals surface area contributed by atoms with Gasteiger partial charge in [0.1, 0.15) is 0 Å². The number of hydrogen-bond acceptors (Lipinski definition) is 5. The Balaban J connectivity index is 2.28. The highest BCUT2D eigenvalue weighted by Crippen LogP contribution is 2.30. The summed E-state index contributed by atoms with van der Waals surface area (Å²) in [6.45, 7) is 0. The maximum Gasteiger partial charge on any atom is 0.311 e. The molecule has 0 aliphatic heterocycles. The number of ether oxygens (including phenoxy) is 1. The lowest BCUT2D eigenvalue weighted by Gasteiger charge is -2.08. The molecule has 92 valence electrons. The Hall–Kier alpha value is -2.63. The third-order valence-corrected chi connectivity index (χ3v) is 2.35. The normalized spacial score (nSPS) is 9.83. The minimum atomic E-state index is -0.477. The standard InChI is InChI=1S/C12H11N3O3/c1-18-12-8-10(2-3-11(12)15(16)17)14-9-4-6-13-7-5-9/h2-8H,1H3,(H,13,14).